The van der Waals surface area contributed by atoms with Gasteiger partial charge in [0, 0.05) is 11.3 Å². The highest BCUT2D eigenvalue weighted by Gasteiger charge is 2.27. The van der Waals surface area contributed by atoms with Crippen LogP contribution in [0.5, 0.6) is 0 Å². The molecule has 0 fully saturated rings. The predicted octanol–water partition coefficient (Wildman–Crippen LogP) is 2.38. The third-order valence-corrected chi connectivity index (χ3v) is 3.62. The second-order valence-electron chi connectivity index (χ2n) is 4.68. The molecule has 1 aromatic carbocycles. The van der Waals surface area contributed by atoms with Gasteiger partial charge in [0.2, 0.25) is 0 Å². The number of rotatable bonds is 2. The van der Waals surface area contributed by atoms with Crippen LogP contribution in [-0.4, -0.2) is 21.3 Å². The van der Waals surface area contributed by atoms with Gasteiger partial charge in [0.15, 0.2) is 5.69 Å². The second-order valence-corrected chi connectivity index (χ2v) is 4.68. The highest BCUT2D eigenvalue weighted by Crippen LogP contribution is 2.33. The summed E-state index contributed by atoms with van der Waals surface area (Å²) in [7, 11) is 0. The number of nitrogens with zero attached hydrogens (tertiary/aromatic N) is 1. The van der Waals surface area contributed by atoms with E-state index in [9.17, 15) is 4.79 Å². The van der Waals surface area contributed by atoms with E-state index in [0.29, 0.717) is 5.92 Å². The van der Waals surface area contributed by atoms with Crippen molar-refractivity contribution in [2.45, 2.75) is 25.2 Å². The van der Waals surface area contributed by atoms with Gasteiger partial charge in [-0.15, -0.1) is 0 Å². The van der Waals surface area contributed by atoms with Crippen LogP contribution in [0.2, 0.25) is 0 Å². The number of aromatic carboxylic acids is 1. The van der Waals surface area contributed by atoms with Gasteiger partial charge in [0.05, 0.1) is 0 Å². The molecule has 1 aliphatic carbocycles. The number of fused-ring (bicyclic) bond motifs is 1. The fourth-order valence-electron chi connectivity index (χ4n) is 2.68. The summed E-state index contributed by atoms with van der Waals surface area (Å²) in [5.41, 5.74) is 3.33. The number of H-pyrrole nitrogens is 1. The largest absolute Gasteiger partial charge is 0.476 e. The van der Waals surface area contributed by atoms with Gasteiger partial charge in [-0.05, 0) is 30.7 Å². The van der Waals surface area contributed by atoms with Crippen molar-refractivity contribution in [3.05, 3.63) is 52.8 Å². The summed E-state index contributed by atoms with van der Waals surface area (Å²) in [5, 5.41) is 15.9. The van der Waals surface area contributed by atoms with Crippen LogP contribution in [-0.2, 0) is 12.8 Å². The Morgan fingerprint density at radius 1 is 1.33 bits per heavy atom. The number of aromatic amines is 1. The van der Waals surface area contributed by atoms with Gasteiger partial charge in [0.1, 0.15) is 0 Å². The Morgan fingerprint density at radius 3 is 2.83 bits per heavy atom. The Bertz CT molecular complexity index is 575. The number of hydrogen-bond donors (Lipinski definition) is 2. The van der Waals surface area contributed by atoms with Crippen LogP contribution in [0.25, 0.3) is 0 Å². The summed E-state index contributed by atoms with van der Waals surface area (Å²) in [6, 6.07) is 10.3. The molecule has 0 aliphatic heterocycles. The Kier molecular flexibility index (Phi) is 2.63. The van der Waals surface area contributed by atoms with Crippen molar-refractivity contribution in [3.8, 4) is 0 Å². The van der Waals surface area contributed by atoms with E-state index >= 15 is 0 Å². The van der Waals surface area contributed by atoms with Crippen molar-refractivity contribution >= 4 is 5.97 Å². The van der Waals surface area contributed by atoms with Crippen molar-refractivity contribution < 1.29 is 9.90 Å². The first-order valence-corrected chi connectivity index (χ1v) is 6.10. The number of carbonyl (C=O) groups is 1. The zero-order valence-corrected chi connectivity index (χ0v) is 9.89. The number of aryl methyl sites for hydroxylation is 1. The van der Waals surface area contributed by atoms with Crippen LogP contribution >= 0.6 is 0 Å². The zero-order valence-electron chi connectivity index (χ0n) is 9.89. The van der Waals surface area contributed by atoms with Gasteiger partial charge >= 0.3 is 5.97 Å². The number of hydrogen-bond acceptors (Lipinski definition) is 2. The predicted molar refractivity (Wildman–Crippen MR) is 66.8 cm³/mol. The highest BCUT2D eigenvalue weighted by molar-refractivity contribution is 5.87. The zero-order chi connectivity index (χ0) is 12.5. The van der Waals surface area contributed by atoms with E-state index in [1.165, 1.54) is 5.56 Å². The van der Waals surface area contributed by atoms with Crippen LogP contribution in [0.15, 0.2) is 30.3 Å². The maximum absolute atomic E-state index is 11.1. The van der Waals surface area contributed by atoms with Crippen molar-refractivity contribution in [1.29, 1.82) is 0 Å². The van der Waals surface area contributed by atoms with Gasteiger partial charge in [-0.25, -0.2) is 4.79 Å². The van der Waals surface area contributed by atoms with E-state index in [1.54, 1.807) is 0 Å². The third-order valence-electron chi connectivity index (χ3n) is 3.62. The summed E-state index contributed by atoms with van der Waals surface area (Å²) in [5.74, 6) is -0.546. The van der Waals surface area contributed by atoms with Crippen LogP contribution in [0, 0.1) is 0 Å². The first-order valence-electron chi connectivity index (χ1n) is 6.10. The summed E-state index contributed by atoms with van der Waals surface area (Å²) in [6.45, 7) is 0. The average molecular weight is 242 g/mol. The molecule has 0 radical (unpaired) electrons. The molecular formula is C14H14N2O2. The number of aromatic nitrogens is 2. The number of nitrogens with one attached hydrogen (secondary N) is 1. The third kappa shape index (κ3) is 1.79. The smallest absolute Gasteiger partial charge is 0.356 e. The lowest BCUT2D eigenvalue weighted by atomic mass is 9.82. The monoisotopic (exact) mass is 242 g/mol. The van der Waals surface area contributed by atoms with Gasteiger partial charge in [0.25, 0.3) is 0 Å². The molecule has 2 N–H and O–H groups in total. The fourth-order valence-corrected chi connectivity index (χ4v) is 2.68. The van der Waals surface area contributed by atoms with Crippen LogP contribution < -0.4 is 0 Å². The Labute approximate surface area is 105 Å². The van der Waals surface area contributed by atoms with E-state index in [1.807, 2.05) is 18.2 Å². The Morgan fingerprint density at radius 2 is 2.11 bits per heavy atom. The molecule has 1 atom stereocenters. The summed E-state index contributed by atoms with van der Waals surface area (Å²) < 4.78 is 0. The molecule has 0 saturated heterocycles. The molecule has 0 bridgehead atoms. The topological polar surface area (TPSA) is 66.0 Å². The number of carboxylic acid groups (broad SMARTS) is 1. The lowest BCUT2D eigenvalue weighted by molar-refractivity contribution is 0.0689. The standard InChI is InChI=1S/C14H14N2O2/c17-14(18)13-11-8-10(6-7-12(11)15-16-13)9-4-2-1-3-5-9/h1-5,10H,6-8H2,(H,15,16)(H,17,18)/t10-/m1/s1. The quantitative estimate of drug-likeness (QED) is 0.849. The molecule has 0 spiro atoms. The summed E-state index contributed by atoms with van der Waals surface area (Å²) in [6.07, 6.45) is 2.67. The van der Waals surface area contributed by atoms with Crippen molar-refractivity contribution in [1.82, 2.24) is 10.2 Å². The molecule has 18 heavy (non-hydrogen) atoms. The minimum atomic E-state index is -0.943. The van der Waals surface area contributed by atoms with Crippen molar-refractivity contribution in [3.63, 3.8) is 0 Å². The summed E-state index contributed by atoms with van der Waals surface area (Å²) in [4.78, 5) is 11.1. The van der Waals surface area contributed by atoms with Crippen LogP contribution in [0.1, 0.15) is 39.6 Å². The molecule has 4 nitrogen and oxygen atoms in total. The molecule has 1 aliphatic rings. The molecule has 0 unspecified atom stereocenters. The van der Waals surface area contributed by atoms with Gasteiger partial charge in [-0.2, -0.15) is 5.10 Å². The van der Waals surface area contributed by atoms with Gasteiger partial charge in [-0.1, -0.05) is 30.3 Å². The lowest BCUT2D eigenvalue weighted by Crippen LogP contribution is -2.14. The molecule has 0 amide bonds. The van der Waals surface area contributed by atoms with Crippen LogP contribution in [0.3, 0.4) is 0 Å². The maximum Gasteiger partial charge on any atom is 0.356 e. The van der Waals surface area contributed by atoms with E-state index in [-0.39, 0.29) is 5.69 Å². The van der Waals surface area contributed by atoms with E-state index in [4.69, 9.17) is 5.11 Å². The normalized spacial score (nSPS) is 18.3. The molecule has 0 saturated carbocycles. The minimum absolute atomic E-state index is 0.186. The number of benzene rings is 1. The first-order chi connectivity index (χ1) is 8.75. The molecule has 4 heteroatoms. The average Bonchev–Trinajstić information content (AvgIpc) is 2.82. The Balaban J connectivity index is 1.93. The van der Waals surface area contributed by atoms with Crippen molar-refractivity contribution in [2.75, 3.05) is 0 Å². The second kappa shape index (κ2) is 4.29. The minimum Gasteiger partial charge on any atom is -0.476 e. The summed E-state index contributed by atoms with van der Waals surface area (Å²) >= 11 is 0. The molecule has 3 rings (SSSR count). The molecule has 92 valence electrons. The Hall–Kier alpha value is -2.10. The van der Waals surface area contributed by atoms with E-state index < -0.39 is 5.97 Å². The highest BCUT2D eigenvalue weighted by atomic mass is 16.4. The van der Waals surface area contributed by atoms with Crippen LogP contribution in [0.4, 0.5) is 0 Å². The molecular weight excluding hydrogens is 228 g/mol. The van der Waals surface area contributed by atoms with Crippen molar-refractivity contribution in [2.24, 2.45) is 0 Å². The van der Waals surface area contributed by atoms with Gasteiger partial charge < -0.3 is 5.11 Å². The molecule has 1 heterocycles. The SMILES string of the molecule is O=C(O)c1n[nH]c2c1C[C@H](c1ccccc1)CC2. The van der Waals surface area contributed by atoms with Gasteiger partial charge in [-0.3, -0.25) is 5.10 Å². The number of carboxylic acids is 1. The lowest BCUT2D eigenvalue weighted by Gasteiger charge is -2.22. The molecule has 2 aromatic rings. The fraction of sp³-hybridized carbons (Fsp3) is 0.286. The van der Waals surface area contributed by atoms with E-state index in [2.05, 4.69) is 22.3 Å². The first kappa shape index (κ1) is 11.0. The molecule has 1 aromatic heterocycles. The van der Waals surface area contributed by atoms with E-state index in [0.717, 1.165) is 30.5 Å². The maximum atomic E-state index is 11.1.